The molecule has 0 fully saturated rings. The van der Waals surface area contributed by atoms with Crippen molar-refractivity contribution < 1.29 is 4.79 Å². The maximum absolute atomic E-state index is 11.4. The van der Waals surface area contributed by atoms with Crippen LogP contribution < -0.4 is 0 Å². The van der Waals surface area contributed by atoms with E-state index in [0.29, 0.717) is 0 Å². The average Bonchev–Trinajstić information content (AvgIpc) is 1.82. The molecule has 0 bridgehead atoms. The molecular weight excluding hydrogens is 138 g/mol. The van der Waals surface area contributed by atoms with Gasteiger partial charge >= 0.3 is 0 Å². The molecule has 0 unspecified atom stereocenters. The molecule has 0 aromatic heterocycles. The summed E-state index contributed by atoms with van der Waals surface area (Å²) in [6, 6.07) is 0. The zero-order valence-electron chi connectivity index (χ0n) is 8.43. The normalized spacial score (nSPS) is 14.4. The first-order valence-electron chi connectivity index (χ1n) is 3.98. The number of carbonyl (C=O) groups is 1. The quantitative estimate of drug-likeness (QED) is 0.568. The molecule has 0 saturated heterocycles. The largest absolute Gasteiger partial charge is 0.349 e. The van der Waals surface area contributed by atoms with Gasteiger partial charge < -0.3 is 4.90 Å². The van der Waals surface area contributed by atoms with Gasteiger partial charge in [-0.1, -0.05) is 27.7 Å². The van der Waals surface area contributed by atoms with E-state index in [9.17, 15) is 4.79 Å². The van der Waals surface area contributed by atoms with Crippen LogP contribution in [-0.2, 0) is 4.79 Å². The van der Waals surface area contributed by atoms with E-state index in [-0.39, 0.29) is 17.2 Å². The van der Waals surface area contributed by atoms with E-state index in [1.54, 1.807) is 19.0 Å². The summed E-state index contributed by atoms with van der Waals surface area (Å²) in [6.07, 6.45) is 0. The lowest BCUT2D eigenvalue weighted by Gasteiger charge is -2.28. The second kappa shape index (κ2) is 3.24. The molecule has 2 nitrogen and oxygen atoms in total. The molecule has 0 heterocycles. The van der Waals surface area contributed by atoms with Crippen molar-refractivity contribution in [1.82, 2.24) is 4.90 Å². The minimum absolute atomic E-state index is 0.0708. The first-order chi connectivity index (χ1) is 4.76. The third-order valence-electron chi connectivity index (χ3n) is 2.11. The molecule has 2 heteroatoms. The van der Waals surface area contributed by atoms with Crippen molar-refractivity contribution in [2.24, 2.45) is 11.3 Å². The Labute approximate surface area is 69.6 Å². The lowest BCUT2D eigenvalue weighted by Crippen LogP contribution is -2.35. The minimum atomic E-state index is 0.0708. The summed E-state index contributed by atoms with van der Waals surface area (Å²) in [5.74, 6) is 0.301. The highest BCUT2D eigenvalue weighted by atomic mass is 16.2. The second-order valence-corrected chi connectivity index (χ2v) is 4.32. The Kier molecular flexibility index (Phi) is 3.09. The highest BCUT2D eigenvalue weighted by molar-refractivity contribution is 5.78. The van der Waals surface area contributed by atoms with E-state index in [1.165, 1.54) is 0 Å². The van der Waals surface area contributed by atoms with Gasteiger partial charge in [-0.2, -0.15) is 0 Å². The van der Waals surface area contributed by atoms with Crippen LogP contribution in [0.5, 0.6) is 0 Å². The lowest BCUT2D eigenvalue weighted by molar-refractivity contribution is -0.135. The van der Waals surface area contributed by atoms with Crippen LogP contribution in [0.4, 0.5) is 0 Å². The van der Waals surface area contributed by atoms with Crippen LogP contribution in [0.15, 0.2) is 0 Å². The molecule has 0 aromatic carbocycles. The van der Waals surface area contributed by atoms with Gasteiger partial charge in [-0.05, 0) is 5.41 Å². The topological polar surface area (TPSA) is 20.3 Å². The number of nitrogens with zero attached hydrogens (tertiary/aromatic N) is 1. The molecule has 0 saturated carbocycles. The van der Waals surface area contributed by atoms with Crippen molar-refractivity contribution in [1.29, 1.82) is 0 Å². The molecule has 1 atom stereocenters. The zero-order valence-corrected chi connectivity index (χ0v) is 8.43. The molecule has 0 aliphatic heterocycles. The van der Waals surface area contributed by atoms with Crippen LogP contribution in [0.2, 0.25) is 0 Å². The van der Waals surface area contributed by atoms with E-state index in [4.69, 9.17) is 0 Å². The maximum Gasteiger partial charge on any atom is 0.225 e. The number of hydrogen-bond acceptors (Lipinski definition) is 1. The predicted molar refractivity (Wildman–Crippen MR) is 47.3 cm³/mol. The lowest BCUT2D eigenvalue weighted by atomic mass is 9.81. The van der Waals surface area contributed by atoms with E-state index in [1.807, 2.05) is 6.92 Å². The summed E-state index contributed by atoms with van der Waals surface area (Å²) in [4.78, 5) is 13.1. The fourth-order valence-corrected chi connectivity index (χ4v) is 0.758. The standard InChI is InChI=1S/C9H19NO/c1-7(9(2,3)4)8(11)10(5)6/h7H,1-6H3/t7-/m1/s1. The summed E-state index contributed by atoms with van der Waals surface area (Å²) >= 11 is 0. The van der Waals surface area contributed by atoms with Crippen molar-refractivity contribution in [3.8, 4) is 0 Å². The van der Waals surface area contributed by atoms with Crippen LogP contribution >= 0.6 is 0 Å². The van der Waals surface area contributed by atoms with Gasteiger partial charge in [0.2, 0.25) is 5.91 Å². The van der Waals surface area contributed by atoms with E-state index >= 15 is 0 Å². The van der Waals surface area contributed by atoms with Crippen molar-refractivity contribution >= 4 is 5.91 Å². The van der Waals surface area contributed by atoms with Crippen LogP contribution in [0.1, 0.15) is 27.7 Å². The molecular formula is C9H19NO. The van der Waals surface area contributed by atoms with Crippen molar-refractivity contribution in [3.63, 3.8) is 0 Å². The van der Waals surface area contributed by atoms with Gasteiger partial charge in [0.05, 0.1) is 0 Å². The fourth-order valence-electron chi connectivity index (χ4n) is 0.758. The van der Waals surface area contributed by atoms with Gasteiger partial charge in [-0.15, -0.1) is 0 Å². The van der Waals surface area contributed by atoms with Gasteiger partial charge in [0, 0.05) is 20.0 Å². The molecule has 0 aliphatic carbocycles. The van der Waals surface area contributed by atoms with Gasteiger partial charge in [0.1, 0.15) is 0 Å². The van der Waals surface area contributed by atoms with Gasteiger partial charge in [-0.3, -0.25) is 4.79 Å². The molecule has 0 radical (unpaired) electrons. The Morgan fingerprint density at radius 2 is 1.64 bits per heavy atom. The summed E-state index contributed by atoms with van der Waals surface area (Å²) < 4.78 is 0. The smallest absolute Gasteiger partial charge is 0.225 e. The fraction of sp³-hybridized carbons (Fsp3) is 0.889. The molecule has 1 amide bonds. The number of carbonyl (C=O) groups excluding carboxylic acids is 1. The predicted octanol–water partition coefficient (Wildman–Crippen LogP) is 1.76. The Balaban J connectivity index is 4.26. The SMILES string of the molecule is C[C@H](C(=O)N(C)C)C(C)(C)C. The third kappa shape index (κ3) is 2.91. The molecule has 0 N–H and O–H groups in total. The summed E-state index contributed by atoms with van der Waals surface area (Å²) in [5, 5.41) is 0. The molecule has 11 heavy (non-hydrogen) atoms. The van der Waals surface area contributed by atoms with E-state index in [2.05, 4.69) is 20.8 Å². The van der Waals surface area contributed by atoms with Crippen LogP contribution in [-0.4, -0.2) is 24.9 Å². The van der Waals surface area contributed by atoms with E-state index < -0.39 is 0 Å². The molecule has 0 spiro atoms. The first-order valence-corrected chi connectivity index (χ1v) is 3.98. The first kappa shape index (κ1) is 10.5. The Morgan fingerprint density at radius 3 is 1.73 bits per heavy atom. The molecule has 66 valence electrons. The minimum Gasteiger partial charge on any atom is -0.349 e. The Morgan fingerprint density at radius 1 is 1.27 bits per heavy atom. The Hall–Kier alpha value is -0.530. The third-order valence-corrected chi connectivity index (χ3v) is 2.11. The highest BCUT2D eigenvalue weighted by Gasteiger charge is 2.27. The van der Waals surface area contributed by atoms with Gasteiger partial charge in [-0.25, -0.2) is 0 Å². The summed E-state index contributed by atoms with van der Waals surface area (Å²) in [7, 11) is 3.59. The molecule has 0 aromatic rings. The van der Waals surface area contributed by atoms with Gasteiger partial charge in [0.25, 0.3) is 0 Å². The molecule has 0 rings (SSSR count). The monoisotopic (exact) mass is 157 g/mol. The van der Waals surface area contributed by atoms with Crippen molar-refractivity contribution in [2.75, 3.05) is 14.1 Å². The maximum atomic E-state index is 11.4. The zero-order chi connectivity index (χ0) is 9.23. The summed E-state index contributed by atoms with van der Waals surface area (Å²) in [6.45, 7) is 8.22. The molecule has 0 aliphatic rings. The second-order valence-electron chi connectivity index (χ2n) is 4.32. The average molecular weight is 157 g/mol. The summed E-state index contributed by atoms with van der Waals surface area (Å²) in [5.41, 5.74) is 0.0708. The van der Waals surface area contributed by atoms with E-state index in [0.717, 1.165) is 0 Å². The van der Waals surface area contributed by atoms with Crippen LogP contribution in [0.25, 0.3) is 0 Å². The van der Waals surface area contributed by atoms with Crippen LogP contribution in [0.3, 0.4) is 0 Å². The van der Waals surface area contributed by atoms with Crippen molar-refractivity contribution in [2.45, 2.75) is 27.7 Å². The van der Waals surface area contributed by atoms with Gasteiger partial charge in [0.15, 0.2) is 0 Å². The van der Waals surface area contributed by atoms with Crippen LogP contribution in [0, 0.1) is 11.3 Å². The number of rotatable bonds is 1. The number of amides is 1. The number of hydrogen-bond donors (Lipinski definition) is 0. The Bertz CT molecular complexity index is 144. The van der Waals surface area contributed by atoms with Crippen molar-refractivity contribution in [3.05, 3.63) is 0 Å². The highest BCUT2D eigenvalue weighted by Crippen LogP contribution is 2.26.